The molecule has 32 heavy (non-hydrogen) atoms. The number of amides is 1. The molecule has 166 valence electrons. The third-order valence-corrected chi connectivity index (χ3v) is 6.44. The SMILES string of the molecule is COc1ccc(CN2CCC(Cc3ccc(-c4ccccc4OC)cc3)(C(N)=O)C2)cc1. The quantitative estimate of drug-likeness (QED) is 0.579. The van der Waals surface area contributed by atoms with Crippen molar-refractivity contribution in [2.75, 3.05) is 27.3 Å². The van der Waals surface area contributed by atoms with Gasteiger partial charge in [-0.15, -0.1) is 0 Å². The van der Waals surface area contributed by atoms with Crippen LogP contribution in [0.2, 0.25) is 0 Å². The molecule has 1 heterocycles. The summed E-state index contributed by atoms with van der Waals surface area (Å²) in [5.74, 6) is 1.47. The van der Waals surface area contributed by atoms with E-state index in [9.17, 15) is 4.79 Å². The summed E-state index contributed by atoms with van der Waals surface area (Å²) in [6.07, 6.45) is 1.42. The Kier molecular flexibility index (Phi) is 6.47. The number of hydrogen-bond acceptors (Lipinski definition) is 4. The molecule has 0 bridgehead atoms. The molecule has 1 amide bonds. The van der Waals surface area contributed by atoms with Crippen LogP contribution in [0, 0.1) is 5.41 Å². The number of methoxy groups -OCH3 is 2. The van der Waals surface area contributed by atoms with Gasteiger partial charge in [0, 0.05) is 18.7 Å². The Labute approximate surface area is 189 Å². The average Bonchev–Trinajstić information content (AvgIpc) is 3.23. The van der Waals surface area contributed by atoms with Gasteiger partial charge in [-0.05, 0) is 54.3 Å². The van der Waals surface area contributed by atoms with E-state index in [-0.39, 0.29) is 5.91 Å². The first-order valence-corrected chi connectivity index (χ1v) is 10.9. The molecule has 5 heteroatoms. The number of primary amides is 1. The van der Waals surface area contributed by atoms with Crippen molar-refractivity contribution in [2.24, 2.45) is 11.1 Å². The molecule has 1 saturated heterocycles. The molecule has 4 rings (SSSR count). The number of para-hydroxylation sites is 1. The maximum atomic E-state index is 12.5. The van der Waals surface area contributed by atoms with E-state index in [1.165, 1.54) is 5.56 Å². The first kappa shape index (κ1) is 21.9. The third-order valence-electron chi connectivity index (χ3n) is 6.44. The summed E-state index contributed by atoms with van der Waals surface area (Å²) in [7, 11) is 3.35. The van der Waals surface area contributed by atoms with E-state index in [1.807, 2.05) is 36.4 Å². The molecule has 0 aromatic heterocycles. The molecule has 3 aromatic carbocycles. The predicted octanol–water partition coefficient (Wildman–Crippen LogP) is 4.29. The van der Waals surface area contributed by atoms with Crippen molar-refractivity contribution in [3.63, 3.8) is 0 Å². The minimum Gasteiger partial charge on any atom is -0.497 e. The van der Waals surface area contributed by atoms with Gasteiger partial charge in [0.05, 0.1) is 19.6 Å². The monoisotopic (exact) mass is 430 g/mol. The molecule has 3 aromatic rings. The van der Waals surface area contributed by atoms with E-state index in [0.717, 1.165) is 47.7 Å². The third kappa shape index (κ3) is 4.63. The van der Waals surface area contributed by atoms with Crippen molar-refractivity contribution in [3.8, 4) is 22.6 Å². The summed E-state index contributed by atoms with van der Waals surface area (Å²) in [5.41, 5.74) is 9.85. The molecule has 0 aliphatic carbocycles. The van der Waals surface area contributed by atoms with Gasteiger partial charge >= 0.3 is 0 Å². The Hall–Kier alpha value is -3.31. The molecule has 1 aliphatic heterocycles. The highest BCUT2D eigenvalue weighted by atomic mass is 16.5. The first-order chi connectivity index (χ1) is 15.5. The van der Waals surface area contributed by atoms with Crippen molar-refractivity contribution in [3.05, 3.63) is 83.9 Å². The van der Waals surface area contributed by atoms with Crippen molar-refractivity contribution in [1.82, 2.24) is 4.90 Å². The molecule has 1 unspecified atom stereocenters. The number of nitrogens with zero attached hydrogens (tertiary/aromatic N) is 1. The lowest BCUT2D eigenvalue weighted by Crippen LogP contribution is -2.41. The van der Waals surface area contributed by atoms with E-state index in [2.05, 4.69) is 41.3 Å². The topological polar surface area (TPSA) is 64.8 Å². The fraction of sp³-hybridized carbons (Fsp3) is 0.296. The van der Waals surface area contributed by atoms with Crippen LogP contribution in [-0.4, -0.2) is 38.1 Å². The van der Waals surface area contributed by atoms with E-state index in [4.69, 9.17) is 15.2 Å². The number of carbonyl (C=O) groups is 1. The number of hydrogen-bond donors (Lipinski definition) is 1. The maximum absolute atomic E-state index is 12.5. The highest BCUT2D eigenvalue weighted by Gasteiger charge is 2.43. The zero-order valence-corrected chi connectivity index (χ0v) is 18.7. The number of carbonyl (C=O) groups excluding carboxylic acids is 1. The van der Waals surface area contributed by atoms with Crippen molar-refractivity contribution in [1.29, 1.82) is 0 Å². The molecule has 0 saturated carbocycles. The van der Waals surface area contributed by atoms with Crippen LogP contribution < -0.4 is 15.2 Å². The summed E-state index contributed by atoms with van der Waals surface area (Å²) in [5, 5.41) is 0. The van der Waals surface area contributed by atoms with Crippen LogP contribution in [0.15, 0.2) is 72.8 Å². The van der Waals surface area contributed by atoms with Crippen LogP contribution in [-0.2, 0) is 17.8 Å². The molecule has 1 atom stereocenters. The molecule has 0 radical (unpaired) electrons. The Morgan fingerprint density at radius 1 is 0.938 bits per heavy atom. The van der Waals surface area contributed by atoms with Gasteiger partial charge in [-0.25, -0.2) is 0 Å². The van der Waals surface area contributed by atoms with Gasteiger partial charge in [0.15, 0.2) is 0 Å². The highest BCUT2D eigenvalue weighted by Crippen LogP contribution is 2.36. The molecule has 1 aliphatic rings. The number of likely N-dealkylation sites (tertiary alicyclic amines) is 1. The summed E-state index contributed by atoms with van der Waals surface area (Å²) < 4.78 is 10.7. The molecular formula is C27H30N2O3. The summed E-state index contributed by atoms with van der Waals surface area (Å²) in [4.78, 5) is 14.9. The lowest BCUT2D eigenvalue weighted by molar-refractivity contribution is -0.127. The zero-order chi connectivity index (χ0) is 22.6. The lowest BCUT2D eigenvalue weighted by Gasteiger charge is -2.26. The molecular weight excluding hydrogens is 400 g/mol. The second-order valence-electron chi connectivity index (χ2n) is 8.53. The minimum atomic E-state index is -0.543. The van der Waals surface area contributed by atoms with Gasteiger partial charge in [0.1, 0.15) is 11.5 Å². The van der Waals surface area contributed by atoms with Gasteiger partial charge in [0.2, 0.25) is 5.91 Å². The molecule has 2 N–H and O–H groups in total. The second-order valence-corrected chi connectivity index (χ2v) is 8.53. The van der Waals surface area contributed by atoms with Gasteiger partial charge < -0.3 is 15.2 Å². The van der Waals surface area contributed by atoms with Crippen molar-refractivity contribution >= 4 is 5.91 Å². The van der Waals surface area contributed by atoms with Crippen LogP contribution >= 0.6 is 0 Å². The van der Waals surface area contributed by atoms with Crippen molar-refractivity contribution in [2.45, 2.75) is 19.4 Å². The average molecular weight is 431 g/mol. The van der Waals surface area contributed by atoms with Gasteiger partial charge in [-0.2, -0.15) is 0 Å². The van der Waals surface area contributed by atoms with Gasteiger partial charge in [0.25, 0.3) is 0 Å². The van der Waals surface area contributed by atoms with Crippen LogP contribution in [0.1, 0.15) is 17.5 Å². The Bertz CT molecular complexity index is 1060. The first-order valence-electron chi connectivity index (χ1n) is 10.9. The zero-order valence-electron chi connectivity index (χ0n) is 18.7. The molecule has 5 nitrogen and oxygen atoms in total. The molecule has 0 spiro atoms. The maximum Gasteiger partial charge on any atom is 0.225 e. The van der Waals surface area contributed by atoms with Crippen LogP contribution in [0.4, 0.5) is 0 Å². The number of nitrogens with two attached hydrogens (primary N) is 1. The van der Waals surface area contributed by atoms with Crippen LogP contribution in [0.25, 0.3) is 11.1 Å². The number of ether oxygens (including phenoxy) is 2. The van der Waals surface area contributed by atoms with E-state index in [1.54, 1.807) is 14.2 Å². The standard InChI is InChI=1S/C27H30N2O3/c1-31-23-13-9-21(10-14-23)18-29-16-15-27(19-29,26(28)30)17-20-7-11-22(12-8-20)24-5-3-4-6-25(24)32-2/h3-14H,15-19H2,1-2H3,(H2,28,30). The fourth-order valence-corrected chi connectivity index (χ4v) is 4.59. The predicted molar refractivity (Wildman–Crippen MR) is 127 cm³/mol. The van der Waals surface area contributed by atoms with Gasteiger partial charge in [-0.3, -0.25) is 9.69 Å². The number of rotatable bonds is 8. The second kappa shape index (κ2) is 9.45. The lowest BCUT2D eigenvalue weighted by atomic mass is 9.80. The Balaban J connectivity index is 1.47. The van der Waals surface area contributed by atoms with E-state index in [0.29, 0.717) is 13.0 Å². The van der Waals surface area contributed by atoms with Crippen LogP contribution in [0.5, 0.6) is 11.5 Å². The summed E-state index contributed by atoms with van der Waals surface area (Å²) in [6, 6.07) is 24.4. The highest BCUT2D eigenvalue weighted by molar-refractivity contribution is 5.82. The fourth-order valence-electron chi connectivity index (χ4n) is 4.59. The normalized spacial score (nSPS) is 18.4. The van der Waals surface area contributed by atoms with Crippen molar-refractivity contribution < 1.29 is 14.3 Å². The summed E-state index contributed by atoms with van der Waals surface area (Å²) >= 11 is 0. The summed E-state index contributed by atoms with van der Waals surface area (Å²) in [6.45, 7) is 2.32. The Morgan fingerprint density at radius 3 is 2.28 bits per heavy atom. The Morgan fingerprint density at radius 2 is 1.62 bits per heavy atom. The minimum absolute atomic E-state index is 0.219. The smallest absolute Gasteiger partial charge is 0.225 e. The van der Waals surface area contributed by atoms with E-state index < -0.39 is 5.41 Å². The number of benzene rings is 3. The van der Waals surface area contributed by atoms with Crippen LogP contribution in [0.3, 0.4) is 0 Å². The van der Waals surface area contributed by atoms with E-state index >= 15 is 0 Å². The molecule has 1 fully saturated rings. The van der Waals surface area contributed by atoms with Gasteiger partial charge in [-0.1, -0.05) is 54.6 Å². The largest absolute Gasteiger partial charge is 0.497 e.